The molecule has 7 heteroatoms. The number of aromatic amines is 1. The van der Waals surface area contributed by atoms with Gasteiger partial charge in [-0.3, -0.25) is 14.4 Å². The van der Waals surface area contributed by atoms with Gasteiger partial charge in [-0.15, -0.1) is 0 Å². The highest BCUT2D eigenvalue weighted by atomic mass is 16.5. The lowest BCUT2D eigenvalue weighted by Gasteiger charge is -2.30. The van der Waals surface area contributed by atoms with Crippen LogP contribution in [0.25, 0.3) is 0 Å². The number of rotatable bonds is 4. The monoisotopic (exact) mass is 383 g/mol. The van der Waals surface area contributed by atoms with Crippen LogP contribution in [0.5, 0.6) is 0 Å². The van der Waals surface area contributed by atoms with Crippen molar-refractivity contribution in [1.29, 1.82) is 0 Å². The summed E-state index contributed by atoms with van der Waals surface area (Å²) in [5.74, 6) is 1.19. The van der Waals surface area contributed by atoms with Crippen molar-refractivity contribution in [1.82, 2.24) is 15.0 Å². The van der Waals surface area contributed by atoms with Crippen molar-refractivity contribution >= 4 is 11.8 Å². The van der Waals surface area contributed by atoms with Gasteiger partial charge < -0.3 is 14.3 Å². The van der Waals surface area contributed by atoms with Crippen LogP contribution in [0.3, 0.4) is 0 Å². The summed E-state index contributed by atoms with van der Waals surface area (Å²) in [4.78, 5) is 40.0. The number of hydrogen-bond acceptors (Lipinski definition) is 4. The Hall–Kier alpha value is -2.83. The van der Waals surface area contributed by atoms with Gasteiger partial charge in [0.05, 0.1) is 6.04 Å². The van der Waals surface area contributed by atoms with Crippen molar-refractivity contribution in [3.05, 3.63) is 57.6 Å². The van der Waals surface area contributed by atoms with Crippen LogP contribution in [0, 0.1) is 18.8 Å². The Bertz CT molecular complexity index is 947. The van der Waals surface area contributed by atoms with Gasteiger partial charge >= 0.3 is 0 Å². The topological polar surface area (TPSA) is 86.6 Å². The van der Waals surface area contributed by atoms with Gasteiger partial charge in [-0.05, 0) is 18.1 Å². The number of nitrogens with one attached hydrogen (secondary N) is 1. The number of amides is 2. The summed E-state index contributed by atoms with van der Waals surface area (Å²) in [6.45, 7) is 5.72. The van der Waals surface area contributed by atoms with Gasteiger partial charge in [0.2, 0.25) is 11.8 Å². The lowest BCUT2D eigenvalue weighted by atomic mass is 9.87. The maximum Gasteiger partial charge on any atom is 0.280 e. The summed E-state index contributed by atoms with van der Waals surface area (Å²) in [5, 5.41) is 2.25. The molecule has 2 fully saturated rings. The largest absolute Gasteiger partial charge is 0.384 e. The second-order valence-corrected chi connectivity index (χ2v) is 7.87. The predicted octanol–water partition coefficient (Wildman–Crippen LogP) is 1.89. The Morgan fingerprint density at radius 3 is 2.68 bits per heavy atom. The van der Waals surface area contributed by atoms with Crippen LogP contribution in [0.1, 0.15) is 36.3 Å². The molecule has 0 saturated carbocycles. The van der Waals surface area contributed by atoms with E-state index in [1.165, 1.54) is 17.2 Å². The highest BCUT2D eigenvalue weighted by Gasteiger charge is 2.49. The molecule has 28 heavy (non-hydrogen) atoms. The molecule has 4 rings (SSSR count). The molecule has 0 unspecified atom stereocenters. The third-order valence-electron chi connectivity index (χ3n) is 6.09. The predicted molar refractivity (Wildman–Crippen MR) is 103 cm³/mol. The van der Waals surface area contributed by atoms with Gasteiger partial charge in [0, 0.05) is 57.3 Å². The van der Waals surface area contributed by atoms with Crippen molar-refractivity contribution in [3.8, 4) is 0 Å². The van der Waals surface area contributed by atoms with Crippen molar-refractivity contribution in [2.24, 2.45) is 11.8 Å². The maximum atomic E-state index is 12.7. The number of aromatic nitrogens is 1. The highest BCUT2D eigenvalue weighted by molar-refractivity contribution is 5.77. The smallest absolute Gasteiger partial charge is 0.280 e. The van der Waals surface area contributed by atoms with E-state index in [9.17, 15) is 14.4 Å². The van der Waals surface area contributed by atoms with E-state index >= 15 is 0 Å². The second kappa shape index (κ2) is 7.30. The van der Waals surface area contributed by atoms with Crippen LogP contribution >= 0.6 is 0 Å². The summed E-state index contributed by atoms with van der Waals surface area (Å²) in [5.41, 5.74) is 2.06. The SMILES string of the molecule is CC(=O)N1C[C@H]2CN(C(=O)CCc3cc(=O)[nH]o3)C[C@H]2[C@H]1c1ccccc1C. The Balaban J connectivity index is 1.48. The van der Waals surface area contributed by atoms with E-state index in [-0.39, 0.29) is 29.3 Å². The molecule has 2 amide bonds. The van der Waals surface area contributed by atoms with Crippen molar-refractivity contribution < 1.29 is 14.1 Å². The third kappa shape index (κ3) is 3.37. The number of fused-ring (bicyclic) bond motifs is 1. The number of aryl methyl sites for hydroxylation is 2. The first-order valence-electron chi connectivity index (χ1n) is 9.72. The summed E-state index contributed by atoms with van der Waals surface area (Å²) >= 11 is 0. The van der Waals surface area contributed by atoms with Crippen LogP contribution in [-0.2, 0) is 16.0 Å². The average Bonchev–Trinajstić information content (AvgIpc) is 3.34. The van der Waals surface area contributed by atoms with E-state index < -0.39 is 0 Å². The van der Waals surface area contributed by atoms with Gasteiger partial charge in [-0.25, -0.2) is 0 Å². The Morgan fingerprint density at radius 2 is 2.00 bits per heavy atom. The number of hydrogen-bond donors (Lipinski definition) is 1. The molecule has 2 aliphatic heterocycles. The molecule has 0 radical (unpaired) electrons. The Labute approximate surface area is 163 Å². The van der Waals surface area contributed by atoms with Crippen molar-refractivity contribution in [2.45, 2.75) is 32.7 Å². The zero-order valence-corrected chi connectivity index (χ0v) is 16.2. The zero-order valence-electron chi connectivity index (χ0n) is 16.2. The fourth-order valence-corrected chi connectivity index (χ4v) is 4.72. The minimum Gasteiger partial charge on any atom is -0.384 e. The molecule has 2 saturated heterocycles. The standard InChI is InChI=1S/C21H25N3O4/c1-13-5-3-4-6-17(13)21-18-12-23(10-15(18)11-24(21)14(2)25)20(27)8-7-16-9-19(26)22-28-16/h3-6,9,15,18,21H,7-8,10-12H2,1-2H3,(H,22,26)/t15-,18-,21-/m1/s1. The van der Waals surface area contributed by atoms with Crippen LogP contribution in [-0.4, -0.2) is 46.4 Å². The first-order chi connectivity index (χ1) is 13.4. The minimum absolute atomic E-state index is 0.0178. The number of nitrogens with zero attached hydrogens (tertiary/aromatic N) is 2. The Kier molecular flexibility index (Phi) is 4.83. The van der Waals surface area contributed by atoms with E-state index in [2.05, 4.69) is 24.2 Å². The molecule has 0 aliphatic carbocycles. The molecule has 1 N–H and O–H groups in total. The number of carbonyl (C=O) groups is 2. The lowest BCUT2D eigenvalue weighted by molar-refractivity contribution is -0.131. The van der Waals surface area contributed by atoms with E-state index in [1.807, 2.05) is 21.9 Å². The fraction of sp³-hybridized carbons (Fsp3) is 0.476. The van der Waals surface area contributed by atoms with Crippen LogP contribution < -0.4 is 5.56 Å². The lowest BCUT2D eigenvalue weighted by Crippen LogP contribution is -2.36. The van der Waals surface area contributed by atoms with Crippen LogP contribution in [0.15, 0.2) is 39.6 Å². The highest BCUT2D eigenvalue weighted by Crippen LogP contribution is 2.45. The van der Waals surface area contributed by atoms with Gasteiger partial charge in [-0.2, -0.15) is 5.16 Å². The number of carbonyl (C=O) groups excluding carboxylic acids is 2. The van der Waals surface area contributed by atoms with Gasteiger partial charge in [-0.1, -0.05) is 24.3 Å². The molecule has 3 atom stereocenters. The molecule has 1 aromatic heterocycles. The Morgan fingerprint density at radius 1 is 1.21 bits per heavy atom. The number of likely N-dealkylation sites (tertiary alicyclic amines) is 2. The normalized spacial score (nSPS) is 23.9. The third-order valence-corrected chi connectivity index (χ3v) is 6.09. The molecule has 0 spiro atoms. The summed E-state index contributed by atoms with van der Waals surface area (Å²) < 4.78 is 5.03. The first kappa shape index (κ1) is 18.5. The zero-order chi connectivity index (χ0) is 19.8. The number of benzene rings is 1. The van der Waals surface area contributed by atoms with Crippen molar-refractivity contribution in [3.63, 3.8) is 0 Å². The molecule has 148 valence electrons. The molecule has 2 aliphatic rings. The van der Waals surface area contributed by atoms with Gasteiger partial charge in [0.1, 0.15) is 5.76 Å². The second-order valence-electron chi connectivity index (χ2n) is 7.87. The van der Waals surface area contributed by atoms with Crippen molar-refractivity contribution in [2.75, 3.05) is 19.6 Å². The number of H-pyrrole nitrogens is 1. The molecular weight excluding hydrogens is 358 g/mol. The average molecular weight is 383 g/mol. The first-order valence-corrected chi connectivity index (χ1v) is 9.72. The van der Waals surface area contributed by atoms with E-state index in [4.69, 9.17) is 4.52 Å². The quantitative estimate of drug-likeness (QED) is 0.873. The fourth-order valence-electron chi connectivity index (χ4n) is 4.72. The van der Waals surface area contributed by atoms with Gasteiger partial charge in [0.15, 0.2) is 0 Å². The van der Waals surface area contributed by atoms with Gasteiger partial charge in [0.25, 0.3) is 5.56 Å². The molecule has 2 aromatic rings. The minimum atomic E-state index is -0.288. The molecular formula is C21H25N3O4. The molecule has 3 heterocycles. The summed E-state index contributed by atoms with van der Waals surface area (Å²) in [7, 11) is 0. The summed E-state index contributed by atoms with van der Waals surface area (Å²) in [6.07, 6.45) is 0.718. The van der Waals surface area contributed by atoms with Crippen LogP contribution in [0.2, 0.25) is 0 Å². The molecule has 1 aromatic carbocycles. The summed E-state index contributed by atoms with van der Waals surface area (Å²) in [6, 6.07) is 9.58. The molecule has 0 bridgehead atoms. The van der Waals surface area contributed by atoms with E-state index in [1.54, 1.807) is 6.92 Å². The van der Waals surface area contributed by atoms with E-state index in [0.717, 1.165) is 0 Å². The van der Waals surface area contributed by atoms with Crippen LogP contribution in [0.4, 0.5) is 0 Å². The molecule has 7 nitrogen and oxygen atoms in total. The maximum absolute atomic E-state index is 12.7. The van der Waals surface area contributed by atoms with E-state index in [0.29, 0.717) is 44.2 Å².